The van der Waals surface area contributed by atoms with Crippen LogP contribution in [-0.4, -0.2) is 5.91 Å². The number of rotatable bonds is 5. The van der Waals surface area contributed by atoms with Crippen molar-refractivity contribution in [3.05, 3.63) is 51.7 Å². The van der Waals surface area contributed by atoms with Crippen molar-refractivity contribution in [2.24, 2.45) is 0 Å². The van der Waals surface area contributed by atoms with Gasteiger partial charge in [-0.3, -0.25) is 4.79 Å². The van der Waals surface area contributed by atoms with E-state index in [1.807, 2.05) is 31.2 Å². The number of benzene rings is 1. The molecule has 0 radical (unpaired) electrons. The monoisotopic (exact) mass is 288 g/mol. The molecule has 4 heteroatoms. The normalized spacial score (nSPS) is 12.1. The number of nitrogens with one attached hydrogen (secondary N) is 1. The predicted octanol–water partition coefficient (Wildman–Crippen LogP) is 3.31. The number of thiophene rings is 1. The maximum absolute atomic E-state index is 12.2. The molecule has 0 fully saturated rings. The van der Waals surface area contributed by atoms with Crippen molar-refractivity contribution < 1.29 is 4.79 Å². The number of hydrogen-bond donors (Lipinski definition) is 2. The Balaban J connectivity index is 1.94. The Morgan fingerprint density at radius 3 is 2.70 bits per heavy atom. The molecular weight excluding hydrogens is 268 g/mol. The fourth-order valence-corrected chi connectivity index (χ4v) is 2.91. The summed E-state index contributed by atoms with van der Waals surface area (Å²) in [7, 11) is 0. The van der Waals surface area contributed by atoms with Crippen LogP contribution in [0, 0.1) is 0 Å². The first-order valence-corrected chi connectivity index (χ1v) is 7.62. The smallest absolute Gasteiger partial charge is 0.227 e. The number of carbonyl (C=O) groups excluding carboxylic acids is 1. The molecule has 1 heterocycles. The average Bonchev–Trinajstić information content (AvgIpc) is 2.92. The highest BCUT2D eigenvalue weighted by atomic mass is 32.1. The highest BCUT2D eigenvalue weighted by Gasteiger charge is 2.15. The molecule has 0 aliphatic rings. The summed E-state index contributed by atoms with van der Waals surface area (Å²) >= 11 is 1.75. The van der Waals surface area contributed by atoms with Crippen LogP contribution in [0.2, 0.25) is 0 Å². The van der Waals surface area contributed by atoms with Gasteiger partial charge in [-0.15, -0.1) is 11.3 Å². The molecule has 1 aromatic carbocycles. The van der Waals surface area contributed by atoms with E-state index in [1.165, 1.54) is 9.75 Å². The topological polar surface area (TPSA) is 55.1 Å². The fourth-order valence-electron chi connectivity index (χ4n) is 2.01. The summed E-state index contributed by atoms with van der Waals surface area (Å²) in [6.07, 6.45) is 1.04. The Bertz CT molecular complexity index is 592. The lowest BCUT2D eigenvalue weighted by molar-refractivity contribution is -0.122. The van der Waals surface area contributed by atoms with Crippen LogP contribution in [0.1, 0.15) is 35.1 Å². The lowest BCUT2D eigenvalue weighted by Crippen LogP contribution is -2.27. The van der Waals surface area contributed by atoms with Gasteiger partial charge in [-0.1, -0.05) is 19.1 Å². The van der Waals surface area contributed by atoms with Crippen molar-refractivity contribution in [2.75, 3.05) is 5.73 Å². The number of nitrogen functional groups attached to an aromatic ring is 1. The SMILES string of the molecule is CCc1ccc(CNC(=O)C(C)c2cccc(N)c2)s1. The minimum atomic E-state index is -0.191. The zero-order valence-electron chi connectivity index (χ0n) is 11.8. The molecule has 2 rings (SSSR count). The van der Waals surface area contributed by atoms with E-state index in [9.17, 15) is 4.79 Å². The second-order valence-corrected chi connectivity index (χ2v) is 6.08. The maximum atomic E-state index is 12.2. The second-order valence-electron chi connectivity index (χ2n) is 4.83. The van der Waals surface area contributed by atoms with Gasteiger partial charge in [0.15, 0.2) is 0 Å². The van der Waals surface area contributed by atoms with Crippen molar-refractivity contribution in [2.45, 2.75) is 32.7 Å². The van der Waals surface area contributed by atoms with Gasteiger partial charge in [0, 0.05) is 15.4 Å². The van der Waals surface area contributed by atoms with Crippen molar-refractivity contribution in [1.29, 1.82) is 0 Å². The van der Waals surface area contributed by atoms with Gasteiger partial charge in [0.05, 0.1) is 12.5 Å². The molecule has 2 aromatic rings. The first-order valence-electron chi connectivity index (χ1n) is 6.81. The van der Waals surface area contributed by atoms with Crippen LogP contribution < -0.4 is 11.1 Å². The molecule has 1 atom stereocenters. The lowest BCUT2D eigenvalue weighted by Gasteiger charge is -2.12. The Kier molecular flexibility index (Phi) is 4.79. The number of nitrogens with two attached hydrogens (primary N) is 1. The van der Waals surface area contributed by atoms with Gasteiger partial charge < -0.3 is 11.1 Å². The quantitative estimate of drug-likeness (QED) is 0.829. The summed E-state index contributed by atoms with van der Waals surface area (Å²) < 4.78 is 0. The zero-order valence-corrected chi connectivity index (χ0v) is 12.7. The summed E-state index contributed by atoms with van der Waals surface area (Å²) in [5.41, 5.74) is 7.38. The van der Waals surface area contributed by atoms with Gasteiger partial charge >= 0.3 is 0 Å². The highest BCUT2D eigenvalue weighted by Crippen LogP contribution is 2.19. The van der Waals surface area contributed by atoms with Crippen molar-refractivity contribution in [1.82, 2.24) is 5.32 Å². The number of carbonyl (C=O) groups is 1. The predicted molar refractivity (Wildman–Crippen MR) is 84.8 cm³/mol. The molecule has 0 bridgehead atoms. The van der Waals surface area contributed by atoms with Crippen LogP contribution >= 0.6 is 11.3 Å². The molecule has 3 nitrogen and oxygen atoms in total. The third-order valence-corrected chi connectivity index (χ3v) is 4.54. The summed E-state index contributed by atoms with van der Waals surface area (Å²) in [4.78, 5) is 14.7. The molecule has 0 spiro atoms. The number of anilines is 1. The average molecular weight is 288 g/mol. The first kappa shape index (κ1) is 14.6. The molecular formula is C16H20N2OS. The fraction of sp³-hybridized carbons (Fsp3) is 0.312. The van der Waals surface area contributed by atoms with Crippen LogP contribution in [-0.2, 0) is 17.8 Å². The van der Waals surface area contributed by atoms with E-state index in [1.54, 1.807) is 11.3 Å². The number of hydrogen-bond acceptors (Lipinski definition) is 3. The van der Waals surface area contributed by atoms with Gasteiger partial charge in [-0.2, -0.15) is 0 Å². The van der Waals surface area contributed by atoms with Crippen molar-refractivity contribution in [3.8, 4) is 0 Å². The summed E-state index contributed by atoms with van der Waals surface area (Å²) in [6.45, 7) is 4.63. The van der Waals surface area contributed by atoms with Crippen molar-refractivity contribution in [3.63, 3.8) is 0 Å². The van der Waals surface area contributed by atoms with E-state index in [0.717, 1.165) is 12.0 Å². The molecule has 20 heavy (non-hydrogen) atoms. The third-order valence-electron chi connectivity index (χ3n) is 3.31. The minimum Gasteiger partial charge on any atom is -0.399 e. The first-order chi connectivity index (χ1) is 9.60. The molecule has 1 aromatic heterocycles. The molecule has 106 valence electrons. The summed E-state index contributed by atoms with van der Waals surface area (Å²) in [5.74, 6) is -0.161. The maximum Gasteiger partial charge on any atom is 0.227 e. The molecule has 0 aliphatic carbocycles. The molecule has 1 amide bonds. The van der Waals surface area contributed by atoms with Gasteiger partial charge in [0.1, 0.15) is 0 Å². The van der Waals surface area contributed by atoms with Crippen LogP contribution in [0.15, 0.2) is 36.4 Å². The van der Waals surface area contributed by atoms with Gasteiger partial charge in [0.2, 0.25) is 5.91 Å². The summed E-state index contributed by atoms with van der Waals surface area (Å²) in [6, 6.07) is 11.7. The van der Waals surface area contributed by atoms with E-state index in [4.69, 9.17) is 5.73 Å². The van der Waals surface area contributed by atoms with E-state index >= 15 is 0 Å². The van der Waals surface area contributed by atoms with Crippen LogP contribution in [0.5, 0.6) is 0 Å². The van der Waals surface area contributed by atoms with Crippen LogP contribution in [0.3, 0.4) is 0 Å². The molecule has 3 N–H and O–H groups in total. The Hall–Kier alpha value is -1.81. The van der Waals surface area contributed by atoms with Crippen molar-refractivity contribution >= 4 is 22.9 Å². The van der Waals surface area contributed by atoms with Gasteiger partial charge in [0.25, 0.3) is 0 Å². The zero-order chi connectivity index (χ0) is 14.5. The van der Waals surface area contributed by atoms with E-state index in [2.05, 4.69) is 24.4 Å². The Morgan fingerprint density at radius 1 is 1.30 bits per heavy atom. The second kappa shape index (κ2) is 6.57. The van der Waals surface area contributed by atoms with E-state index in [-0.39, 0.29) is 11.8 Å². The van der Waals surface area contributed by atoms with E-state index in [0.29, 0.717) is 12.2 Å². The van der Waals surface area contributed by atoms with Gasteiger partial charge in [-0.05, 0) is 43.2 Å². The van der Waals surface area contributed by atoms with Crippen LogP contribution in [0.4, 0.5) is 5.69 Å². The molecule has 0 aliphatic heterocycles. The summed E-state index contributed by atoms with van der Waals surface area (Å²) in [5, 5.41) is 2.98. The Morgan fingerprint density at radius 2 is 2.05 bits per heavy atom. The van der Waals surface area contributed by atoms with Crippen LogP contribution in [0.25, 0.3) is 0 Å². The Labute approximate surface area is 123 Å². The lowest BCUT2D eigenvalue weighted by atomic mass is 10.00. The number of aryl methyl sites for hydroxylation is 1. The molecule has 0 saturated carbocycles. The van der Waals surface area contributed by atoms with Gasteiger partial charge in [-0.25, -0.2) is 0 Å². The largest absolute Gasteiger partial charge is 0.399 e. The minimum absolute atomic E-state index is 0.0297. The standard InChI is InChI=1S/C16H20N2OS/c1-3-14-7-8-15(20-14)10-18-16(19)11(2)12-5-4-6-13(17)9-12/h4-9,11H,3,10,17H2,1-2H3,(H,18,19). The molecule has 0 saturated heterocycles. The third kappa shape index (κ3) is 3.61. The van der Waals surface area contributed by atoms with E-state index < -0.39 is 0 Å². The highest BCUT2D eigenvalue weighted by molar-refractivity contribution is 7.11. The number of amides is 1. The molecule has 1 unspecified atom stereocenters.